The molecule has 3 atom stereocenters. The van der Waals surface area contributed by atoms with Crippen LogP contribution in [0.3, 0.4) is 0 Å². The lowest BCUT2D eigenvalue weighted by Crippen LogP contribution is -2.46. The Morgan fingerprint density at radius 3 is 2.48 bits per heavy atom. The lowest BCUT2D eigenvalue weighted by molar-refractivity contribution is -0.146. The average molecular weight is 367 g/mol. The standard InChI is InChI=1S/C19H21N5O3/c1-10-15-8-12(9-20-16(15)23(3)22-10)21-17(25)11(2)24-18(26)13-6-4-5-7-14(13)19(24)27/h4-5,8-9,11,13-14H,6-7H2,1-3H3,(H,21,25)/t11-,13+,14+/m0/s1. The second-order valence-electron chi connectivity index (χ2n) is 7.17. The summed E-state index contributed by atoms with van der Waals surface area (Å²) in [6.45, 7) is 3.45. The van der Waals surface area contributed by atoms with Crippen molar-refractivity contribution in [1.82, 2.24) is 19.7 Å². The van der Waals surface area contributed by atoms with Crippen LogP contribution in [0.4, 0.5) is 5.69 Å². The summed E-state index contributed by atoms with van der Waals surface area (Å²) in [5.41, 5.74) is 2.04. The van der Waals surface area contributed by atoms with Crippen LogP contribution in [0.1, 0.15) is 25.5 Å². The zero-order valence-corrected chi connectivity index (χ0v) is 15.5. The number of nitrogens with one attached hydrogen (secondary N) is 1. The minimum Gasteiger partial charge on any atom is -0.323 e. The van der Waals surface area contributed by atoms with Gasteiger partial charge >= 0.3 is 0 Å². The van der Waals surface area contributed by atoms with Crippen molar-refractivity contribution in [3.63, 3.8) is 0 Å². The predicted molar refractivity (Wildman–Crippen MR) is 98.5 cm³/mol. The summed E-state index contributed by atoms with van der Waals surface area (Å²) >= 11 is 0. The molecule has 1 aliphatic heterocycles. The van der Waals surface area contributed by atoms with Crippen molar-refractivity contribution in [2.45, 2.75) is 32.7 Å². The molecule has 27 heavy (non-hydrogen) atoms. The van der Waals surface area contributed by atoms with Crippen molar-refractivity contribution in [2.24, 2.45) is 18.9 Å². The van der Waals surface area contributed by atoms with Gasteiger partial charge in [-0.05, 0) is 32.8 Å². The van der Waals surface area contributed by atoms with Gasteiger partial charge in [0, 0.05) is 12.4 Å². The van der Waals surface area contributed by atoms with Crippen molar-refractivity contribution >= 4 is 34.4 Å². The first-order valence-electron chi connectivity index (χ1n) is 9.00. The van der Waals surface area contributed by atoms with E-state index in [4.69, 9.17) is 0 Å². The molecule has 1 N–H and O–H groups in total. The number of imide groups is 1. The van der Waals surface area contributed by atoms with Gasteiger partial charge in [0.05, 0.1) is 29.4 Å². The van der Waals surface area contributed by atoms with Gasteiger partial charge in [-0.25, -0.2) is 4.98 Å². The molecule has 0 saturated carbocycles. The van der Waals surface area contributed by atoms with Crippen LogP contribution in [0.2, 0.25) is 0 Å². The number of aryl methyl sites for hydroxylation is 2. The SMILES string of the molecule is Cc1nn(C)c2ncc(NC(=O)[C@H](C)N3C(=O)[C@@H]4CC=CC[C@H]4C3=O)cc12. The maximum atomic E-state index is 12.7. The molecule has 8 heteroatoms. The Bertz CT molecular complexity index is 967. The molecular formula is C19H21N5O3. The predicted octanol–water partition coefficient (Wildman–Crippen LogP) is 1.55. The molecule has 3 amide bonds. The van der Waals surface area contributed by atoms with Crippen LogP contribution in [0.5, 0.6) is 0 Å². The van der Waals surface area contributed by atoms with Gasteiger partial charge in [-0.1, -0.05) is 12.2 Å². The molecule has 2 aliphatic rings. The first kappa shape index (κ1) is 17.4. The molecule has 1 aliphatic carbocycles. The van der Waals surface area contributed by atoms with Crippen molar-refractivity contribution < 1.29 is 14.4 Å². The highest BCUT2D eigenvalue weighted by Crippen LogP contribution is 2.36. The number of pyridine rings is 1. The third-order valence-electron chi connectivity index (χ3n) is 5.44. The van der Waals surface area contributed by atoms with Crippen molar-refractivity contribution in [3.8, 4) is 0 Å². The van der Waals surface area contributed by atoms with E-state index in [1.54, 1.807) is 23.9 Å². The van der Waals surface area contributed by atoms with Crippen LogP contribution >= 0.6 is 0 Å². The average Bonchev–Trinajstić information content (AvgIpc) is 3.08. The number of carbonyl (C=O) groups excluding carboxylic acids is 3. The molecular weight excluding hydrogens is 346 g/mol. The fourth-order valence-corrected chi connectivity index (χ4v) is 3.95. The van der Waals surface area contributed by atoms with Crippen molar-refractivity contribution in [2.75, 3.05) is 5.32 Å². The van der Waals surface area contributed by atoms with E-state index in [-0.39, 0.29) is 23.7 Å². The van der Waals surface area contributed by atoms with Crippen LogP contribution in [-0.4, -0.2) is 43.4 Å². The van der Waals surface area contributed by atoms with E-state index >= 15 is 0 Å². The molecule has 0 bridgehead atoms. The van der Waals surface area contributed by atoms with E-state index in [9.17, 15) is 14.4 Å². The van der Waals surface area contributed by atoms with Gasteiger partial charge in [0.15, 0.2) is 5.65 Å². The Hall–Kier alpha value is -3.03. The lowest BCUT2D eigenvalue weighted by Gasteiger charge is -2.22. The van der Waals surface area contributed by atoms with Gasteiger partial charge < -0.3 is 5.32 Å². The zero-order chi connectivity index (χ0) is 19.3. The summed E-state index contributed by atoms with van der Waals surface area (Å²) < 4.78 is 1.68. The first-order valence-corrected chi connectivity index (χ1v) is 9.00. The number of hydrogen-bond acceptors (Lipinski definition) is 5. The number of anilines is 1. The number of carbonyl (C=O) groups is 3. The van der Waals surface area contributed by atoms with Gasteiger partial charge in [0.2, 0.25) is 17.7 Å². The second kappa shape index (κ2) is 6.29. The summed E-state index contributed by atoms with van der Waals surface area (Å²) in [5, 5.41) is 7.92. The molecule has 3 heterocycles. The minimum atomic E-state index is -0.874. The van der Waals surface area contributed by atoms with E-state index < -0.39 is 11.9 Å². The third kappa shape index (κ3) is 2.72. The Morgan fingerprint density at radius 2 is 1.85 bits per heavy atom. The second-order valence-corrected chi connectivity index (χ2v) is 7.17. The highest BCUT2D eigenvalue weighted by atomic mass is 16.2. The van der Waals surface area contributed by atoms with Gasteiger partial charge in [-0.15, -0.1) is 0 Å². The van der Waals surface area contributed by atoms with E-state index in [2.05, 4.69) is 15.4 Å². The monoisotopic (exact) mass is 367 g/mol. The van der Waals surface area contributed by atoms with E-state index in [1.807, 2.05) is 26.1 Å². The topological polar surface area (TPSA) is 97.2 Å². The van der Waals surface area contributed by atoms with Crippen LogP contribution in [0, 0.1) is 18.8 Å². The largest absolute Gasteiger partial charge is 0.323 e. The fourth-order valence-electron chi connectivity index (χ4n) is 3.95. The molecule has 1 fully saturated rings. The zero-order valence-electron chi connectivity index (χ0n) is 15.5. The minimum absolute atomic E-state index is 0.256. The van der Waals surface area contributed by atoms with Crippen LogP contribution in [-0.2, 0) is 21.4 Å². The Labute approximate surface area is 156 Å². The van der Waals surface area contributed by atoms with Crippen LogP contribution < -0.4 is 5.32 Å². The highest BCUT2D eigenvalue weighted by Gasteiger charge is 2.50. The number of rotatable bonds is 3. The number of fused-ring (bicyclic) bond motifs is 2. The molecule has 0 spiro atoms. The first-order chi connectivity index (χ1) is 12.9. The van der Waals surface area contributed by atoms with E-state index in [0.29, 0.717) is 18.5 Å². The Kier molecular flexibility index (Phi) is 4.05. The van der Waals surface area contributed by atoms with Gasteiger partial charge in [-0.2, -0.15) is 5.10 Å². The van der Waals surface area contributed by atoms with Crippen LogP contribution in [0.15, 0.2) is 24.4 Å². The molecule has 8 nitrogen and oxygen atoms in total. The molecule has 1 saturated heterocycles. The van der Waals surface area contributed by atoms with Gasteiger partial charge in [-0.3, -0.25) is 24.0 Å². The summed E-state index contributed by atoms with van der Waals surface area (Å²) in [4.78, 5) is 43.4. The van der Waals surface area contributed by atoms with Crippen molar-refractivity contribution in [3.05, 3.63) is 30.1 Å². The molecule has 140 valence electrons. The number of hydrogen-bond donors (Lipinski definition) is 1. The molecule has 2 aromatic rings. The van der Waals surface area contributed by atoms with Gasteiger partial charge in [0.25, 0.3) is 0 Å². The van der Waals surface area contributed by atoms with E-state index in [0.717, 1.165) is 21.6 Å². The van der Waals surface area contributed by atoms with Gasteiger partial charge in [0.1, 0.15) is 6.04 Å². The van der Waals surface area contributed by atoms with Crippen LogP contribution in [0.25, 0.3) is 11.0 Å². The molecule has 4 rings (SSSR count). The third-order valence-corrected chi connectivity index (χ3v) is 5.44. The number of nitrogens with zero attached hydrogens (tertiary/aromatic N) is 4. The summed E-state index contributed by atoms with van der Waals surface area (Å²) in [6.07, 6.45) is 6.52. The summed E-state index contributed by atoms with van der Waals surface area (Å²) in [6, 6.07) is 0.924. The van der Waals surface area contributed by atoms with E-state index in [1.165, 1.54) is 0 Å². The quantitative estimate of drug-likeness (QED) is 0.656. The number of aromatic nitrogens is 3. The number of allylic oxidation sites excluding steroid dienone is 2. The highest BCUT2D eigenvalue weighted by molar-refractivity contribution is 6.10. The Balaban J connectivity index is 1.54. The summed E-state index contributed by atoms with van der Waals surface area (Å²) in [5.74, 6) is -1.60. The smallest absolute Gasteiger partial charge is 0.247 e. The molecule has 0 aromatic carbocycles. The fraction of sp³-hybridized carbons (Fsp3) is 0.421. The maximum absolute atomic E-state index is 12.7. The number of likely N-dealkylation sites (tertiary alicyclic amines) is 1. The Morgan fingerprint density at radius 1 is 1.22 bits per heavy atom. The number of amides is 3. The maximum Gasteiger partial charge on any atom is 0.247 e. The molecule has 2 aromatic heterocycles. The normalized spacial score (nSPS) is 23.0. The lowest BCUT2D eigenvalue weighted by atomic mass is 9.85. The molecule has 0 unspecified atom stereocenters. The summed E-state index contributed by atoms with van der Waals surface area (Å²) in [7, 11) is 1.81. The van der Waals surface area contributed by atoms with Crippen molar-refractivity contribution in [1.29, 1.82) is 0 Å². The molecule has 0 radical (unpaired) electrons.